The monoisotopic (exact) mass is 754 g/mol. The number of imidazole rings is 1. The Morgan fingerprint density at radius 2 is 1.32 bits per heavy atom. The van der Waals surface area contributed by atoms with Crippen molar-refractivity contribution in [1.29, 1.82) is 0 Å². The van der Waals surface area contributed by atoms with Crippen LogP contribution in [0.4, 0.5) is 21.6 Å². The highest BCUT2D eigenvalue weighted by Crippen LogP contribution is 2.45. The SMILES string of the molecule is Cn1c(-c2cccc(C(F)c3cccc(N4c5ncccc5[Si](c5ccccc5)(c5ccccc5)c5ccc6oc7ccccc7c6c54)c3)c2)nc2ccccc21. The Morgan fingerprint density at radius 1 is 0.614 bits per heavy atom. The van der Waals surface area contributed by atoms with Gasteiger partial charge in [0.1, 0.15) is 22.8 Å². The fourth-order valence-electron chi connectivity index (χ4n) is 9.12. The number of furan rings is 1. The summed E-state index contributed by atoms with van der Waals surface area (Å²) in [6, 6.07) is 62.3. The minimum atomic E-state index is -3.00. The van der Waals surface area contributed by atoms with Gasteiger partial charge in [-0.15, -0.1) is 0 Å². The maximum absolute atomic E-state index is 17.1. The zero-order valence-corrected chi connectivity index (χ0v) is 32.1. The average molecular weight is 755 g/mol. The van der Waals surface area contributed by atoms with Crippen molar-refractivity contribution in [1.82, 2.24) is 14.5 Å². The summed E-state index contributed by atoms with van der Waals surface area (Å²) >= 11 is 0. The molecule has 0 saturated carbocycles. The fraction of sp³-hybridized carbons (Fsp3) is 0.0400. The van der Waals surface area contributed by atoms with Crippen molar-refractivity contribution in [2.45, 2.75) is 6.17 Å². The van der Waals surface area contributed by atoms with Gasteiger partial charge in [-0.2, -0.15) is 0 Å². The van der Waals surface area contributed by atoms with Gasteiger partial charge in [0.25, 0.3) is 0 Å². The van der Waals surface area contributed by atoms with E-state index in [2.05, 4.69) is 113 Å². The lowest BCUT2D eigenvalue weighted by atomic mass is 9.99. The van der Waals surface area contributed by atoms with Crippen molar-refractivity contribution in [2.24, 2.45) is 7.05 Å². The number of alkyl halides is 1. The second-order valence-electron chi connectivity index (χ2n) is 14.7. The molecule has 0 fully saturated rings. The predicted molar refractivity (Wildman–Crippen MR) is 232 cm³/mol. The normalized spacial score (nSPS) is 13.8. The number of hydrogen-bond donors (Lipinski definition) is 0. The number of halogens is 1. The Bertz CT molecular complexity index is 3100. The Morgan fingerprint density at radius 3 is 2.11 bits per heavy atom. The van der Waals surface area contributed by atoms with E-state index in [0.717, 1.165) is 61.6 Å². The quantitative estimate of drug-likeness (QED) is 0.159. The van der Waals surface area contributed by atoms with Crippen LogP contribution in [-0.4, -0.2) is 22.6 Å². The lowest BCUT2D eigenvalue weighted by molar-refractivity contribution is 0.402. The van der Waals surface area contributed by atoms with Crippen LogP contribution < -0.4 is 25.6 Å². The van der Waals surface area contributed by atoms with Gasteiger partial charge in [-0.1, -0.05) is 133 Å². The van der Waals surface area contributed by atoms with Crippen LogP contribution in [0.1, 0.15) is 17.3 Å². The van der Waals surface area contributed by atoms with E-state index in [0.29, 0.717) is 11.1 Å². The number of rotatable bonds is 6. The lowest BCUT2D eigenvalue weighted by Gasteiger charge is -2.44. The molecule has 1 atom stereocenters. The number of hydrogen-bond acceptors (Lipinski definition) is 4. The summed E-state index contributed by atoms with van der Waals surface area (Å²) in [6.45, 7) is 0. The van der Waals surface area contributed by atoms with Gasteiger partial charge in [-0.05, 0) is 80.4 Å². The number of aromatic nitrogens is 3. The lowest BCUT2D eigenvalue weighted by Crippen LogP contribution is -2.77. The number of benzene rings is 7. The molecule has 11 rings (SSSR count). The van der Waals surface area contributed by atoms with Crippen LogP contribution in [-0.2, 0) is 7.05 Å². The molecule has 1 aliphatic rings. The van der Waals surface area contributed by atoms with Crippen LogP contribution in [0.2, 0.25) is 0 Å². The molecule has 0 N–H and O–H groups in total. The summed E-state index contributed by atoms with van der Waals surface area (Å²) < 4.78 is 25.7. The van der Waals surface area contributed by atoms with Crippen LogP contribution in [0.15, 0.2) is 193 Å². The number of anilines is 3. The Balaban J connectivity index is 1.14. The smallest absolute Gasteiger partial charge is 0.186 e. The van der Waals surface area contributed by atoms with Crippen molar-refractivity contribution in [3.05, 3.63) is 199 Å². The van der Waals surface area contributed by atoms with Gasteiger partial charge in [0.2, 0.25) is 0 Å². The summed E-state index contributed by atoms with van der Waals surface area (Å²) in [5.41, 5.74) is 7.37. The first-order valence-electron chi connectivity index (χ1n) is 19.2. The van der Waals surface area contributed by atoms with E-state index < -0.39 is 14.2 Å². The number of aryl methyl sites for hydroxylation is 1. The molecule has 4 heterocycles. The van der Waals surface area contributed by atoms with E-state index in [4.69, 9.17) is 14.4 Å². The molecular formula is C50H35FN4OSi. The van der Waals surface area contributed by atoms with Crippen LogP contribution in [0, 0.1) is 0 Å². The number of pyridine rings is 1. The maximum Gasteiger partial charge on any atom is 0.186 e. The molecule has 0 aliphatic carbocycles. The second kappa shape index (κ2) is 13.0. The Kier molecular flexibility index (Phi) is 7.59. The van der Waals surface area contributed by atoms with Crippen molar-refractivity contribution < 1.29 is 8.81 Å². The van der Waals surface area contributed by atoms with E-state index in [1.807, 2.05) is 92.1 Å². The second-order valence-corrected chi connectivity index (χ2v) is 18.4. The third kappa shape index (κ3) is 4.99. The molecule has 0 bridgehead atoms. The topological polar surface area (TPSA) is 47.1 Å². The van der Waals surface area contributed by atoms with Crippen LogP contribution in [0.25, 0.3) is 44.4 Å². The highest BCUT2D eigenvalue weighted by Gasteiger charge is 2.50. The first-order chi connectivity index (χ1) is 28.1. The minimum Gasteiger partial charge on any atom is -0.456 e. The summed E-state index contributed by atoms with van der Waals surface area (Å²) in [5.74, 6) is 1.63. The molecule has 10 aromatic rings. The molecule has 0 spiro atoms. The summed E-state index contributed by atoms with van der Waals surface area (Å²) in [7, 11) is -0.997. The van der Waals surface area contributed by atoms with Gasteiger partial charge in [0.05, 0.1) is 22.1 Å². The average Bonchev–Trinajstić information content (AvgIpc) is 3.83. The molecule has 0 saturated heterocycles. The van der Waals surface area contributed by atoms with E-state index >= 15 is 4.39 Å². The Hall–Kier alpha value is -7.09. The zero-order valence-electron chi connectivity index (χ0n) is 31.1. The minimum absolute atomic E-state index is 0.554. The number of para-hydroxylation sites is 3. The fourth-order valence-corrected chi connectivity index (χ4v) is 14.2. The molecule has 3 aromatic heterocycles. The Labute approximate surface area is 330 Å². The van der Waals surface area contributed by atoms with Gasteiger partial charge in [0, 0.05) is 29.9 Å². The van der Waals surface area contributed by atoms with Crippen molar-refractivity contribution >= 4 is 79.0 Å². The van der Waals surface area contributed by atoms with Crippen molar-refractivity contribution in [2.75, 3.05) is 4.90 Å². The largest absolute Gasteiger partial charge is 0.456 e. The van der Waals surface area contributed by atoms with Gasteiger partial charge in [-0.25, -0.2) is 14.4 Å². The molecule has 272 valence electrons. The molecule has 57 heavy (non-hydrogen) atoms. The van der Waals surface area contributed by atoms with Crippen LogP contribution in [0.3, 0.4) is 0 Å². The summed E-state index contributed by atoms with van der Waals surface area (Å²) in [6.07, 6.45) is 0.480. The maximum atomic E-state index is 17.1. The molecule has 1 aliphatic heterocycles. The molecule has 0 amide bonds. The first kappa shape index (κ1) is 33.3. The third-order valence-electron chi connectivity index (χ3n) is 11.6. The standard InChI is InChI=1S/C50H35FN4OSi/c1-54-41-25-10-9-24-40(41)53-49(54)35-17-12-15-33(31-35)47(51)34-16-13-18-36(32-34)55-48-44(29-28-43-46(48)39-23-8-11-26-42(39)56-43)57(37-19-4-2-5-20-37,38-21-6-3-7-22-38)45-27-14-30-52-50(45)55/h2-32,47H,1H3. The summed E-state index contributed by atoms with van der Waals surface area (Å²) in [4.78, 5) is 12.4. The van der Waals surface area contributed by atoms with Crippen LogP contribution in [0.5, 0.6) is 0 Å². The van der Waals surface area contributed by atoms with Gasteiger partial charge >= 0.3 is 0 Å². The van der Waals surface area contributed by atoms with Gasteiger partial charge in [-0.3, -0.25) is 4.90 Å². The van der Waals surface area contributed by atoms with E-state index in [-0.39, 0.29) is 0 Å². The zero-order chi connectivity index (χ0) is 38.1. The first-order valence-corrected chi connectivity index (χ1v) is 21.2. The summed E-state index contributed by atoms with van der Waals surface area (Å²) in [5, 5.41) is 6.95. The highest BCUT2D eigenvalue weighted by molar-refractivity contribution is 7.21. The van der Waals surface area contributed by atoms with Crippen LogP contribution >= 0.6 is 0 Å². The van der Waals surface area contributed by atoms with Gasteiger partial charge in [0.15, 0.2) is 14.2 Å². The third-order valence-corrected chi connectivity index (χ3v) is 16.4. The molecule has 1 unspecified atom stereocenters. The van der Waals surface area contributed by atoms with Crippen molar-refractivity contribution in [3.63, 3.8) is 0 Å². The molecule has 7 heteroatoms. The number of fused-ring (bicyclic) bond motifs is 7. The highest BCUT2D eigenvalue weighted by atomic mass is 28.3. The van der Waals surface area contributed by atoms with Crippen molar-refractivity contribution in [3.8, 4) is 11.4 Å². The molecule has 5 nitrogen and oxygen atoms in total. The molecule has 0 radical (unpaired) electrons. The van der Waals surface area contributed by atoms with E-state index in [9.17, 15) is 0 Å². The number of nitrogens with zero attached hydrogens (tertiary/aromatic N) is 4. The molecule has 7 aromatic carbocycles. The predicted octanol–water partition coefficient (Wildman–Crippen LogP) is 9.75. The van der Waals surface area contributed by atoms with E-state index in [1.165, 1.54) is 20.7 Å². The molecular weight excluding hydrogens is 720 g/mol. The van der Waals surface area contributed by atoms with Gasteiger partial charge < -0.3 is 8.98 Å². The van der Waals surface area contributed by atoms with E-state index in [1.54, 1.807) is 0 Å².